The zero-order valence-electron chi connectivity index (χ0n) is 18.8. The summed E-state index contributed by atoms with van der Waals surface area (Å²) in [6, 6.07) is 19.2. The molecule has 0 unspecified atom stereocenters. The fourth-order valence-electron chi connectivity index (χ4n) is 3.62. The van der Waals surface area contributed by atoms with Gasteiger partial charge >= 0.3 is 6.09 Å². The normalized spacial score (nSPS) is 22.2. The summed E-state index contributed by atoms with van der Waals surface area (Å²) in [6.07, 6.45) is -0.0321. The van der Waals surface area contributed by atoms with Gasteiger partial charge in [-0.15, -0.1) is 0 Å². The highest BCUT2D eigenvalue weighted by molar-refractivity contribution is 5.68. The molecule has 0 saturated carbocycles. The van der Waals surface area contributed by atoms with Crippen molar-refractivity contribution >= 4 is 6.09 Å². The number of aliphatic hydroxyl groups is 1. The summed E-state index contributed by atoms with van der Waals surface area (Å²) in [6.45, 7) is 8.29. The molecule has 3 atom stereocenters. The van der Waals surface area contributed by atoms with E-state index in [1.54, 1.807) is 4.90 Å². The van der Waals surface area contributed by atoms with Crippen LogP contribution in [0.1, 0.15) is 51.3 Å². The lowest BCUT2D eigenvalue weighted by atomic mass is 9.86. The molecular formula is C26H32N2O3. The molecule has 2 aromatic carbocycles. The molecule has 5 nitrogen and oxygen atoms in total. The zero-order valence-corrected chi connectivity index (χ0v) is 18.8. The van der Waals surface area contributed by atoms with Gasteiger partial charge in [0.25, 0.3) is 0 Å². The van der Waals surface area contributed by atoms with Crippen molar-refractivity contribution in [3.63, 3.8) is 0 Å². The number of piperidine rings is 1. The number of benzene rings is 2. The topological polar surface area (TPSA) is 61.8 Å². The summed E-state index contributed by atoms with van der Waals surface area (Å²) in [5.74, 6) is 6.20. The van der Waals surface area contributed by atoms with E-state index in [1.807, 2.05) is 88.4 Å². The Labute approximate surface area is 185 Å². The monoisotopic (exact) mass is 420 g/mol. The fourth-order valence-corrected chi connectivity index (χ4v) is 3.62. The molecule has 0 radical (unpaired) electrons. The third-order valence-electron chi connectivity index (χ3n) is 5.34. The SMILES string of the molecule is C[C@@H](N[C@@H]1CN(C(=O)OC(C)(C)C)CC[C@]1(O)C#Cc1ccccc1)c1ccccc1. The number of hydrogen-bond donors (Lipinski definition) is 2. The van der Waals surface area contributed by atoms with Crippen LogP contribution in [0.5, 0.6) is 0 Å². The number of nitrogens with zero attached hydrogens (tertiary/aromatic N) is 1. The lowest BCUT2D eigenvalue weighted by Gasteiger charge is -2.43. The van der Waals surface area contributed by atoms with E-state index in [9.17, 15) is 9.90 Å². The number of ether oxygens (including phenoxy) is 1. The maximum absolute atomic E-state index is 12.7. The van der Waals surface area contributed by atoms with Crippen molar-refractivity contribution in [2.24, 2.45) is 0 Å². The molecule has 1 saturated heterocycles. The van der Waals surface area contributed by atoms with Gasteiger partial charge in [0.2, 0.25) is 0 Å². The smallest absolute Gasteiger partial charge is 0.410 e. The highest BCUT2D eigenvalue weighted by Gasteiger charge is 2.43. The maximum Gasteiger partial charge on any atom is 0.410 e. The van der Waals surface area contributed by atoms with Crippen molar-refractivity contribution in [2.75, 3.05) is 13.1 Å². The maximum atomic E-state index is 12.7. The van der Waals surface area contributed by atoms with Gasteiger partial charge < -0.3 is 20.1 Å². The van der Waals surface area contributed by atoms with Crippen molar-refractivity contribution in [1.82, 2.24) is 10.2 Å². The molecule has 0 aromatic heterocycles. The average Bonchev–Trinajstić information content (AvgIpc) is 2.74. The molecule has 2 aromatic rings. The summed E-state index contributed by atoms with van der Waals surface area (Å²) in [4.78, 5) is 14.3. The van der Waals surface area contributed by atoms with Crippen molar-refractivity contribution in [1.29, 1.82) is 0 Å². The predicted molar refractivity (Wildman–Crippen MR) is 122 cm³/mol. The van der Waals surface area contributed by atoms with Crippen LogP contribution in [-0.4, -0.2) is 46.4 Å². The first-order valence-corrected chi connectivity index (χ1v) is 10.8. The minimum atomic E-state index is -1.27. The van der Waals surface area contributed by atoms with Crippen molar-refractivity contribution in [3.8, 4) is 11.8 Å². The molecule has 164 valence electrons. The van der Waals surface area contributed by atoms with Gasteiger partial charge in [-0.2, -0.15) is 0 Å². The Morgan fingerprint density at radius 1 is 1.16 bits per heavy atom. The Bertz CT molecular complexity index is 928. The van der Waals surface area contributed by atoms with Gasteiger partial charge in [-0.3, -0.25) is 0 Å². The second kappa shape index (κ2) is 9.55. The van der Waals surface area contributed by atoms with Crippen LogP contribution in [-0.2, 0) is 4.74 Å². The molecule has 2 N–H and O–H groups in total. The molecule has 0 bridgehead atoms. The molecule has 1 fully saturated rings. The molecule has 5 heteroatoms. The van der Waals surface area contributed by atoms with Crippen LogP contribution in [0.15, 0.2) is 60.7 Å². The van der Waals surface area contributed by atoms with Crippen LogP contribution in [0.25, 0.3) is 0 Å². The van der Waals surface area contributed by atoms with E-state index in [0.29, 0.717) is 19.5 Å². The van der Waals surface area contributed by atoms with Gasteiger partial charge in [0, 0.05) is 31.1 Å². The Morgan fingerprint density at radius 3 is 2.39 bits per heavy atom. The highest BCUT2D eigenvalue weighted by atomic mass is 16.6. The van der Waals surface area contributed by atoms with E-state index in [4.69, 9.17) is 4.74 Å². The summed E-state index contributed by atoms with van der Waals surface area (Å²) < 4.78 is 5.55. The quantitative estimate of drug-likeness (QED) is 0.733. The van der Waals surface area contributed by atoms with Crippen LogP contribution < -0.4 is 5.32 Å². The van der Waals surface area contributed by atoms with E-state index >= 15 is 0 Å². The van der Waals surface area contributed by atoms with Gasteiger partial charge in [0.1, 0.15) is 11.2 Å². The first-order valence-electron chi connectivity index (χ1n) is 10.8. The number of hydrogen-bond acceptors (Lipinski definition) is 4. The Balaban J connectivity index is 1.83. The van der Waals surface area contributed by atoms with Crippen LogP contribution >= 0.6 is 0 Å². The molecule has 0 spiro atoms. The van der Waals surface area contributed by atoms with E-state index in [0.717, 1.165) is 11.1 Å². The van der Waals surface area contributed by atoms with Gasteiger partial charge in [-0.25, -0.2) is 4.79 Å². The third-order valence-corrected chi connectivity index (χ3v) is 5.34. The zero-order chi connectivity index (χ0) is 22.5. The number of likely N-dealkylation sites (tertiary alicyclic amines) is 1. The van der Waals surface area contributed by atoms with Crippen LogP contribution in [0.4, 0.5) is 4.79 Å². The first kappa shape index (κ1) is 22.9. The minimum Gasteiger partial charge on any atom is -0.444 e. The molecular weight excluding hydrogens is 388 g/mol. The van der Waals surface area contributed by atoms with Crippen molar-refractivity contribution in [3.05, 3.63) is 71.8 Å². The molecule has 1 aliphatic heterocycles. The van der Waals surface area contributed by atoms with E-state index in [1.165, 1.54) is 0 Å². The van der Waals surface area contributed by atoms with Crippen LogP contribution in [0.2, 0.25) is 0 Å². The van der Waals surface area contributed by atoms with Gasteiger partial charge in [-0.05, 0) is 45.4 Å². The Hall–Kier alpha value is -2.81. The number of rotatable bonds is 3. The standard InChI is InChI=1S/C26H32N2O3/c1-20(22-13-9-6-10-14-22)27-23-19-28(24(29)31-25(2,3)4)18-17-26(23,30)16-15-21-11-7-5-8-12-21/h5-14,20,23,27,30H,17-19H2,1-4H3/t20-,23-,26-/m1/s1. The van der Waals surface area contributed by atoms with Crippen LogP contribution in [0, 0.1) is 11.8 Å². The molecule has 1 amide bonds. The lowest BCUT2D eigenvalue weighted by molar-refractivity contribution is -0.0252. The number of amides is 1. The van der Waals surface area contributed by atoms with E-state index < -0.39 is 17.2 Å². The van der Waals surface area contributed by atoms with Crippen molar-refractivity contribution < 1.29 is 14.6 Å². The number of carbonyl (C=O) groups excluding carboxylic acids is 1. The van der Waals surface area contributed by atoms with Gasteiger partial charge in [-0.1, -0.05) is 60.4 Å². The molecule has 3 rings (SSSR count). The Morgan fingerprint density at radius 2 is 1.77 bits per heavy atom. The third kappa shape index (κ3) is 6.33. The molecule has 31 heavy (non-hydrogen) atoms. The average molecular weight is 421 g/mol. The minimum absolute atomic E-state index is 0.0187. The summed E-state index contributed by atoms with van der Waals surface area (Å²) in [5, 5.41) is 15.0. The Kier molecular flexibility index (Phi) is 7.04. The predicted octanol–water partition coefficient (Wildman–Crippen LogP) is 4.13. The molecule has 1 heterocycles. The van der Waals surface area contributed by atoms with Gasteiger partial charge in [0.15, 0.2) is 0 Å². The first-order chi connectivity index (χ1) is 14.7. The number of nitrogens with one attached hydrogen (secondary N) is 1. The molecule has 0 aliphatic carbocycles. The van der Waals surface area contributed by atoms with Crippen molar-refractivity contribution in [2.45, 2.75) is 57.4 Å². The largest absolute Gasteiger partial charge is 0.444 e. The van der Waals surface area contributed by atoms with Gasteiger partial charge in [0.05, 0.1) is 6.04 Å². The fraction of sp³-hybridized carbons (Fsp3) is 0.423. The lowest BCUT2D eigenvalue weighted by Crippen LogP contribution is -2.62. The second-order valence-electron chi connectivity index (χ2n) is 9.07. The summed E-state index contributed by atoms with van der Waals surface area (Å²) in [5.41, 5.74) is 0.117. The van der Waals surface area contributed by atoms with Crippen LogP contribution in [0.3, 0.4) is 0 Å². The molecule has 1 aliphatic rings. The van der Waals surface area contributed by atoms with E-state index in [-0.39, 0.29) is 12.1 Å². The summed E-state index contributed by atoms with van der Waals surface area (Å²) in [7, 11) is 0. The summed E-state index contributed by atoms with van der Waals surface area (Å²) >= 11 is 0. The second-order valence-corrected chi connectivity index (χ2v) is 9.07. The van der Waals surface area contributed by atoms with E-state index in [2.05, 4.69) is 17.2 Å². The number of carbonyl (C=O) groups is 1. The highest BCUT2D eigenvalue weighted by Crippen LogP contribution is 2.26.